The molecular weight excluding hydrogens is 322 g/mol. The number of piperidine rings is 1. The summed E-state index contributed by atoms with van der Waals surface area (Å²) in [4.78, 5) is 11.2. The largest absolute Gasteiger partial charge is 0.494 e. The number of ether oxygens (including phenoxy) is 1. The van der Waals surface area contributed by atoms with Crippen molar-refractivity contribution in [2.45, 2.75) is 31.3 Å². The zero-order valence-electron chi connectivity index (χ0n) is 13.1. The number of nitrogens with zero attached hydrogens (tertiary/aromatic N) is 1. The molecule has 0 aromatic heterocycles. The topological polar surface area (TPSA) is 104 Å². The van der Waals surface area contributed by atoms with Crippen molar-refractivity contribution in [2.24, 2.45) is 5.92 Å². The van der Waals surface area contributed by atoms with Crippen molar-refractivity contribution in [3.63, 3.8) is 0 Å². The first-order valence-corrected chi connectivity index (χ1v) is 8.85. The zero-order chi connectivity index (χ0) is 17.2. The molecule has 0 saturated carbocycles. The normalized spacial score (nSPS) is 22.7. The fourth-order valence-corrected chi connectivity index (χ4v) is 4.19. The Balaban J connectivity index is 2.28. The molecule has 128 valence electrons. The fourth-order valence-electron chi connectivity index (χ4n) is 2.62. The number of carboxylic acid groups (broad SMARTS) is 1. The van der Waals surface area contributed by atoms with Crippen LogP contribution in [0.15, 0.2) is 23.1 Å². The van der Waals surface area contributed by atoms with Gasteiger partial charge in [-0.1, -0.05) is 0 Å². The molecule has 2 rings (SSSR count). The molecule has 0 aliphatic carbocycles. The van der Waals surface area contributed by atoms with Crippen LogP contribution in [0.2, 0.25) is 0 Å². The summed E-state index contributed by atoms with van der Waals surface area (Å²) >= 11 is 0. The Morgan fingerprint density at radius 1 is 1.43 bits per heavy atom. The van der Waals surface area contributed by atoms with Crippen LogP contribution in [0.25, 0.3) is 0 Å². The minimum absolute atomic E-state index is 0.0963. The van der Waals surface area contributed by atoms with Gasteiger partial charge in [0.15, 0.2) is 0 Å². The molecular formula is C15H21NO6S. The number of aliphatic carboxylic acids is 1. The fraction of sp³-hybridized carbons (Fsp3) is 0.533. The Labute approximate surface area is 135 Å². The van der Waals surface area contributed by atoms with Crippen LogP contribution in [0, 0.1) is 12.8 Å². The predicted octanol–water partition coefficient (Wildman–Crippen LogP) is 0.850. The lowest BCUT2D eigenvalue weighted by atomic mass is 9.96. The van der Waals surface area contributed by atoms with Gasteiger partial charge in [0.25, 0.3) is 0 Å². The molecule has 1 fully saturated rings. The van der Waals surface area contributed by atoms with Crippen LogP contribution >= 0.6 is 0 Å². The maximum absolute atomic E-state index is 12.7. The molecule has 0 radical (unpaired) electrons. The van der Waals surface area contributed by atoms with Crippen molar-refractivity contribution in [1.82, 2.24) is 4.31 Å². The van der Waals surface area contributed by atoms with Gasteiger partial charge in [0, 0.05) is 13.1 Å². The number of carboxylic acids is 1. The molecule has 1 aromatic carbocycles. The first-order valence-electron chi connectivity index (χ1n) is 7.41. The van der Waals surface area contributed by atoms with Gasteiger partial charge in [-0.05, 0) is 44.0 Å². The third-order valence-corrected chi connectivity index (χ3v) is 5.80. The Kier molecular flexibility index (Phi) is 5.28. The van der Waals surface area contributed by atoms with Gasteiger partial charge in [-0.2, -0.15) is 4.31 Å². The maximum atomic E-state index is 12.7. The van der Waals surface area contributed by atoms with Crippen molar-refractivity contribution in [3.05, 3.63) is 23.8 Å². The summed E-state index contributed by atoms with van der Waals surface area (Å²) in [5.41, 5.74) is 0.694. The molecule has 0 spiro atoms. The summed E-state index contributed by atoms with van der Waals surface area (Å²) in [5.74, 6) is -1.69. The van der Waals surface area contributed by atoms with Crippen LogP contribution < -0.4 is 4.74 Å². The maximum Gasteiger partial charge on any atom is 0.310 e. The van der Waals surface area contributed by atoms with Gasteiger partial charge in [-0.3, -0.25) is 4.79 Å². The minimum atomic E-state index is -3.80. The van der Waals surface area contributed by atoms with Gasteiger partial charge in [-0.15, -0.1) is 0 Å². The van der Waals surface area contributed by atoms with E-state index in [1.807, 2.05) is 6.92 Å². The molecule has 0 bridgehead atoms. The van der Waals surface area contributed by atoms with Crippen LogP contribution in [0.5, 0.6) is 5.75 Å². The molecule has 2 atom stereocenters. The van der Waals surface area contributed by atoms with Gasteiger partial charge in [0.1, 0.15) is 5.75 Å². The average Bonchev–Trinajstić information content (AvgIpc) is 2.49. The molecule has 1 saturated heterocycles. The first kappa shape index (κ1) is 17.7. The summed E-state index contributed by atoms with van der Waals surface area (Å²) in [6, 6.07) is 4.56. The number of sulfonamides is 1. The first-order chi connectivity index (χ1) is 10.8. The summed E-state index contributed by atoms with van der Waals surface area (Å²) in [5, 5.41) is 18.8. The molecule has 1 aliphatic rings. The molecule has 8 heteroatoms. The summed E-state index contributed by atoms with van der Waals surface area (Å²) in [6.07, 6.45) is -0.923. The van der Waals surface area contributed by atoms with Crippen LogP contribution in [0.4, 0.5) is 0 Å². The molecule has 23 heavy (non-hydrogen) atoms. The Morgan fingerprint density at radius 2 is 2.13 bits per heavy atom. The van der Waals surface area contributed by atoms with E-state index in [1.54, 1.807) is 13.0 Å². The molecule has 0 unspecified atom stereocenters. The lowest BCUT2D eigenvalue weighted by molar-refractivity contribution is -0.147. The smallest absolute Gasteiger partial charge is 0.310 e. The van der Waals surface area contributed by atoms with E-state index in [0.29, 0.717) is 17.9 Å². The van der Waals surface area contributed by atoms with Crippen LogP contribution in [0.3, 0.4) is 0 Å². The monoisotopic (exact) mass is 343 g/mol. The van der Waals surface area contributed by atoms with Gasteiger partial charge in [0.2, 0.25) is 10.0 Å². The van der Waals surface area contributed by atoms with E-state index in [4.69, 9.17) is 9.84 Å². The van der Waals surface area contributed by atoms with E-state index >= 15 is 0 Å². The number of aryl methyl sites for hydroxylation is 1. The number of hydrogen-bond donors (Lipinski definition) is 2. The second kappa shape index (κ2) is 6.86. The van der Waals surface area contributed by atoms with Crippen molar-refractivity contribution in [3.8, 4) is 5.75 Å². The second-order valence-corrected chi connectivity index (χ2v) is 7.46. The molecule has 1 aromatic rings. The van der Waals surface area contributed by atoms with E-state index < -0.39 is 28.0 Å². The van der Waals surface area contributed by atoms with Gasteiger partial charge in [0.05, 0.1) is 23.5 Å². The van der Waals surface area contributed by atoms with Crippen molar-refractivity contribution < 1.29 is 28.2 Å². The van der Waals surface area contributed by atoms with Crippen LogP contribution in [-0.2, 0) is 14.8 Å². The number of aliphatic hydroxyl groups is 1. The number of rotatable bonds is 5. The predicted molar refractivity (Wildman–Crippen MR) is 82.9 cm³/mol. The lowest BCUT2D eigenvalue weighted by Gasteiger charge is -2.33. The molecule has 1 aliphatic heterocycles. The highest BCUT2D eigenvalue weighted by Crippen LogP contribution is 2.27. The summed E-state index contributed by atoms with van der Waals surface area (Å²) < 4.78 is 31.9. The SMILES string of the molecule is CCOc1ccc(S(=O)(=O)N2CC[C@H](O)[C@@H](C(=O)O)C2)cc1C. The third-order valence-electron chi connectivity index (χ3n) is 3.94. The summed E-state index contributed by atoms with van der Waals surface area (Å²) in [7, 11) is -3.80. The number of aliphatic hydroxyl groups excluding tert-OH is 1. The average molecular weight is 343 g/mol. The Morgan fingerprint density at radius 3 is 2.70 bits per heavy atom. The van der Waals surface area contributed by atoms with E-state index in [-0.39, 0.29) is 24.4 Å². The van der Waals surface area contributed by atoms with Crippen molar-refractivity contribution in [1.29, 1.82) is 0 Å². The Bertz CT molecular complexity index is 687. The quantitative estimate of drug-likeness (QED) is 0.821. The number of benzene rings is 1. The Hall–Kier alpha value is -1.64. The van der Waals surface area contributed by atoms with Crippen molar-refractivity contribution >= 4 is 16.0 Å². The number of hydrogen-bond acceptors (Lipinski definition) is 5. The highest BCUT2D eigenvalue weighted by molar-refractivity contribution is 7.89. The summed E-state index contributed by atoms with van der Waals surface area (Å²) in [6.45, 7) is 3.95. The molecule has 1 heterocycles. The number of carbonyl (C=O) groups is 1. The molecule has 2 N–H and O–H groups in total. The van der Waals surface area contributed by atoms with E-state index in [2.05, 4.69) is 0 Å². The third kappa shape index (κ3) is 3.65. The second-order valence-electron chi connectivity index (χ2n) is 5.52. The van der Waals surface area contributed by atoms with Crippen molar-refractivity contribution in [2.75, 3.05) is 19.7 Å². The lowest BCUT2D eigenvalue weighted by Crippen LogP contribution is -2.48. The highest BCUT2D eigenvalue weighted by atomic mass is 32.2. The van der Waals surface area contributed by atoms with E-state index in [0.717, 1.165) is 4.31 Å². The van der Waals surface area contributed by atoms with Gasteiger partial charge in [-0.25, -0.2) is 8.42 Å². The minimum Gasteiger partial charge on any atom is -0.494 e. The standard InChI is InChI=1S/C15H21NO6S/c1-3-22-14-5-4-11(8-10(14)2)23(20,21)16-7-6-13(17)12(9-16)15(18)19/h4-5,8,12-13,17H,3,6-7,9H2,1-2H3,(H,18,19)/t12-,13-/m0/s1. The van der Waals surface area contributed by atoms with E-state index in [1.165, 1.54) is 12.1 Å². The van der Waals surface area contributed by atoms with Gasteiger partial charge < -0.3 is 14.9 Å². The molecule has 0 amide bonds. The van der Waals surface area contributed by atoms with Crippen LogP contribution in [0.1, 0.15) is 18.9 Å². The van der Waals surface area contributed by atoms with E-state index in [9.17, 15) is 18.3 Å². The molecule has 7 nitrogen and oxygen atoms in total. The van der Waals surface area contributed by atoms with Crippen LogP contribution in [-0.4, -0.2) is 54.7 Å². The highest BCUT2D eigenvalue weighted by Gasteiger charge is 2.38. The zero-order valence-corrected chi connectivity index (χ0v) is 13.9. The van der Waals surface area contributed by atoms with Gasteiger partial charge >= 0.3 is 5.97 Å².